The lowest BCUT2D eigenvalue weighted by Gasteiger charge is -2.21. The standard InChI is InChI=1S/C15H19IN4O14P2/c16-15-18-6-11-17-3-19(12(6)25)13-9(23)7(21)4(32-13)1-30-35(26,27)34-36(28,29)31-2-5-8(22)10(24)14(33-5)20(11)15/h3-5,7-10,13-14,21-24H,1-2H2,(H,26,27)(H,28,29)/t4-,5-,7-,8-,9-,10-,13-,14-/m1/s1. The highest BCUT2D eigenvalue weighted by Crippen LogP contribution is 2.60. The third-order valence-electron chi connectivity index (χ3n) is 5.80. The van der Waals surface area contributed by atoms with Gasteiger partial charge in [-0.2, -0.15) is 4.31 Å². The summed E-state index contributed by atoms with van der Waals surface area (Å²) in [6.45, 7) is -1.78. The van der Waals surface area contributed by atoms with Crippen LogP contribution in [0.5, 0.6) is 0 Å². The Balaban J connectivity index is 1.61. The molecule has 21 heteroatoms. The zero-order valence-corrected chi connectivity index (χ0v) is 21.6. The van der Waals surface area contributed by atoms with E-state index in [1.807, 2.05) is 0 Å². The Hall–Kier alpha value is -0.900. The van der Waals surface area contributed by atoms with Gasteiger partial charge in [0.05, 0.1) is 13.2 Å². The molecule has 8 bridgehead atoms. The minimum Gasteiger partial charge on any atom is -0.387 e. The van der Waals surface area contributed by atoms with Crippen molar-refractivity contribution in [1.82, 2.24) is 19.1 Å². The second-order valence-electron chi connectivity index (χ2n) is 8.08. The molecule has 10 atom stereocenters. The summed E-state index contributed by atoms with van der Waals surface area (Å²) >= 11 is 1.73. The monoisotopic (exact) mass is 668 g/mol. The van der Waals surface area contributed by atoms with Crippen molar-refractivity contribution in [3.05, 3.63) is 20.5 Å². The molecule has 18 nitrogen and oxygen atoms in total. The summed E-state index contributed by atoms with van der Waals surface area (Å²) in [4.78, 5) is 41.1. The number of ether oxygens (including phenoxy) is 2. The Kier molecular flexibility index (Phi) is 6.96. The Labute approximate surface area is 213 Å². The van der Waals surface area contributed by atoms with Crippen LogP contribution in [0.1, 0.15) is 12.5 Å². The van der Waals surface area contributed by atoms with E-state index < -0.39 is 83.5 Å². The fourth-order valence-electron chi connectivity index (χ4n) is 4.05. The normalized spacial score (nSPS) is 43.8. The average molecular weight is 668 g/mol. The van der Waals surface area contributed by atoms with Crippen LogP contribution in [0, 0.1) is 3.83 Å². The van der Waals surface area contributed by atoms with Crippen LogP contribution in [0.3, 0.4) is 0 Å². The van der Waals surface area contributed by atoms with Gasteiger partial charge in [0.25, 0.3) is 5.56 Å². The fourth-order valence-corrected chi connectivity index (χ4v) is 6.89. The summed E-state index contributed by atoms with van der Waals surface area (Å²) in [6.07, 6.45) is -11.5. The summed E-state index contributed by atoms with van der Waals surface area (Å²) in [5.74, 6) is 0. The molecular formula is C15H19IN4O14P2. The maximum Gasteiger partial charge on any atom is 0.481 e. The van der Waals surface area contributed by atoms with E-state index in [2.05, 4.69) is 23.3 Å². The van der Waals surface area contributed by atoms with Crippen molar-refractivity contribution in [1.29, 1.82) is 0 Å². The van der Waals surface area contributed by atoms with E-state index in [0.29, 0.717) is 0 Å². The molecule has 0 saturated carbocycles. The number of aromatic nitrogens is 4. The maximum absolute atomic E-state index is 13.2. The van der Waals surface area contributed by atoms with Crippen molar-refractivity contribution in [2.75, 3.05) is 13.2 Å². The smallest absolute Gasteiger partial charge is 0.387 e. The van der Waals surface area contributed by atoms with Crippen molar-refractivity contribution in [3.8, 4) is 0 Å². The molecule has 2 aromatic heterocycles. The summed E-state index contributed by atoms with van der Waals surface area (Å²) in [6, 6.07) is 0. The number of aliphatic hydroxyl groups excluding tert-OH is 4. The lowest BCUT2D eigenvalue weighted by Crippen LogP contribution is -2.36. The van der Waals surface area contributed by atoms with Crippen LogP contribution in [0.25, 0.3) is 11.2 Å². The number of nitrogens with zero attached hydrogens (tertiary/aromatic N) is 4. The van der Waals surface area contributed by atoms with Crippen LogP contribution < -0.4 is 5.56 Å². The first-order valence-electron chi connectivity index (χ1n) is 10.1. The summed E-state index contributed by atoms with van der Waals surface area (Å²) in [5.41, 5.74) is -1.10. The molecule has 0 aliphatic carbocycles. The van der Waals surface area contributed by atoms with Crippen molar-refractivity contribution in [3.63, 3.8) is 0 Å². The molecular weight excluding hydrogens is 649 g/mol. The fraction of sp³-hybridized carbons (Fsp3) is 0.667. The van der Waals surface area contributed by atoms with Crippen LogP contribution >= 0.6 is 38.2 Å². The summed E-state index contributed by atoms with van der Waals surface area (Å²) in [7, 11) is -10.6. The number of phosphoric acid groups is 2. The van der Waals surface area contributed by atoms with Crippen LogP contribution in [-0.2, 0) is 32.0 Å². The van der Waals surface area contributed by atoms with Crippen molar-refractivity contribution >= 4 is 49.4 Å². The van der Waals surface area contributed by atoms with Gasteiger partial charge < -0.3 is 39.7 Å². The van der Waals surface area contributed by atoms with Gasteiger partial charge in [0.15, 0.2) is 27.5 Å². The molecule has 2 aromatic rings. The second-order valence-corrected chi connectivity index (χ2v) is 12.1. The van der Waals surface area contributed by atoms with Crippen molar-refractivity contribution < 1.29 is 62.2 Å². The predicted molar refractivity (Wildman–Crippen MR) is 119 cm³/mol. The molecule has 2 unspecified atom stereocenters. The van der Waals surface area contributed by atoms with Gasteiger partial charge in [-0.1, -0.05) is 0 Å². The summed E-state index contributed by atoms with van der Waals surface area (Å²) < 4.78 is 51.0. The van der Waals surface area contributed by atoms with Crippen LogP contribution in [0.15, 0.2) is 11.1 Å². The van der Waals surface area contributed by atoms with E-state index >= 15 is 0 Å². The predicted octanol–water partition coefficient (Wildman–Crippen LogP) is -2.30. The molecule has 6 N–H and O–H groups in total. The Morgan fingerprint density at radius 1 is 0.917 bits per heavy atom. The Morgan fingerprint density at radius 2 is 1.44 bits per heavy atom. The van der Waals surface area contributed by atoms with Gasteiger partial charge in [-0.15, -0.1) is 0 Å². The van der Waals surface area contributed by atoms with Gasteiger partial charge in [-0.3, -0.25) is 23.0 Å². The molecule has 2 fully saturated rings. The zero-order chi connectivity index (χ0) is 26.2. The second kappa shape index (κ2) is 9.38. The molecule has 4 aliphatic heterocycles. The first-order chi connectivity index (χ1) is 16.8. The van der Waals surface area contributed by atoms with Gasteiger partial charge >= 0.3 is 15.6 Å². The third-order valence-corrected chi connectivity index (χ3v) is 9.16. The number of hydrogen-bond acceptors (Lipinski definition) is 14. The molecule has 0 spiro atoms. The first-order valence-corrected chi connectivity index (χ1v) is 14.2. The number of phosphoric ester groups is 2. The van der Waals surface area contributed by atoms with Gasteiger partial charge in [-0.05, 0) is 0 Å². The highest BCUT2D eigenvalue weighted by atomic mass is 127. The minimum atomic E-state index is -5.29. The number of aliphatic hydroxyl groups is 4. The van der Waals surface area contributed by atoms with Crippen molar-refractivity contribution in [2.45, 2.75) is 49.1 Å². The maximum atomic E-state index is 13.2. The van der Waals surface area contributed by atoms with Gasteiger partial charge in [0.2, 0.25) is 0 Å². The van der Waals surface area contributed by atoms with E-state index in [4.69, 9.17) is 9.47 Å². The molecule has 0 aromatic carbocycles. The van der Waals surface area contributed by atoms with E-state index in [9.17, 15) is 44.1 Å². The first kappa shape index (κ1) is 26.7. The largest absolute Gasteiger partial charge is 0.481 e. The number of hydrogen-bond donors (Lipinski definition) is 6. The molecule has 0 radical (unpaired) electrons. The van der Waals surface area contributed by atoms with Gasteiger partial charge in [0, 0.05) is 22.6 Å². The topological polar surface area (TPSA) is 254 Å². The highest BCUT2D eigenvalue weighted by molar-refractivity contribution is 14.1. The van der Waals surface area contributed by atoms with E-state index in [0.717, 1.165) is 10.9 Å². The minimum absolute atomic E-state index is 0.0649. The number of halogens is 1. The van der Waals surface area contributed by atoms with Gasteiger partial charge in [-0.25, -0.2) is 19.1 Å². The lowest BCUT2D eigenvalue weighted by molar-refractivity contribution is -0.0564. The van der Waals surface area contributed by atoms with E-state index in [-0.39, 0.29) is 15.0 Å². The van der Waals surface area contributed by atoms with Crippen LogP contribution in [0.2, 0.25) is 0 Å². The van der Waals surface area contributed by atoms with Crippen LogP contribution in [0.4, 0.5) is 0 Å². The van der Waals surface area contributed by atoms with Crippen LogP contribution in [-0.4, -0.2) is 99.2 Å². The van der Waals surface area contributed by atoms with Crippen molar-refractivity contribution in [2.24, 2.45) is 0 Å². The zero-order valence-electron chi connectivity index (χ0n) is 17.6. The molecule has 4 aliphatic rings. The van der Waals surface area contributed by atoms with E-state index in [1.54, 1.807) is 22.6 Å². The average Bonchev–Trinajstić information content (AvgIpc) is 3.37. The Morgan fingerprint density at radius 3 is 2.03 bits per heavy atom. The molecule has 0 amide bonds. The number of rotatable bonds is 0. The SMILES string of the molecule is O=c1c2nc(I)n3c2ncn1[C@@H]1O[C@H](COP(=O)(O)OP(=O)(O)OC[C@H]2O[C@@H]3[C@H](O)[C@@H]2O)[C@@H](O)[C@H]1O. The summed E-state index contributed by atoms with van der Waals surface area (Å²) in [5, 5.41) is 41.7. The molecule has 36 heavy (non-hydrogen) atoms. The van der Waals surface area contributed by atoms with Gasteiger partial charge in [0.1, 0.15) is 43.0 Å². The molecule has 200 valence electrons. The molecule has 6 heterocycles. The molecule has 6 rings (SSSR count). The van der Waals surface area contributed by atoms with E-state index in [1.165, 1.54) is 4.57 Å². The quantitative estimate of drug-likeness (QED) is 0.0981. The number of imidazole rings is 1. The Bertz CT molecular complexity index is 1340. The third kappa shape index (κ3) is 4.60. The highest BCUT2D eigenvalue weighted by Gasteiger charge is 2.49. The number of fused-ring (bicyclic) bond motifs is 7. The molecule has 2 saturated heterocycles. The lowest BCUT2D eigenvalue weighted by atomic mass is 10.1.